The van der Waals surface area contributed by atoms with Crippen molar-refractivity contribution in [2.24, 2.45) is 0 Å². The van der Waals surface area contributed by atoms with E-state index in [-0.39, 0.29) is 0 Å². The first kappa shape index (κ1) is 14.5. The van der Waals surface area contributed by atoms with Gasteiger partial charge >= 0.3 is 0 Å². The van der Waals surface area contributed by atoms with E-state index in [1.807, 2.05) is 12.3 Å². The van der Waals surface area contributed by atoms with Crippen molar-refractivity contribution in [1.29, 1.82) is 0 Å². The summed E-state index contributed by atoms with van der Waals surface area (Å²) < 4.78 is 2.33. The first-order chi connectivity index (χ1) is 12.4. The van der Waals surface area contributed by atoms with Gasteiger partial charge in [-0.25, -0.2) is 0 Å². The average Bonchev–Trinajstić information content (AvgIpc) is 3.08. The van der Waals surface area contributed by atoms with E-state index in [0.717, 1.165) is 18.6 Å². The molecule has 3 heteroatoms. The van der Waals surface area contributed by atoms with Crippen molar-refractivity contribution in [3.63, 3.8) is 0 Å². The average molecular weight is 327 g/mol. The Morgan fingerprint density at radius 1 is 0.840 bits per heavy atom. The largest absolute Gasteiger partial charge is 0.370 e. The maximum Gasteiger partial charge on any atom is 0.0708 e. The van der Waals surface area contributed by atoms with Crippen molar-refractivity contribution in [2.45, 2.75) is 19.3 Å². The van der Waals surface area contributed by atoms with Crippen LogP contribution in [0.4, 0.5) is 5.69 Å². The quantitative estimate of drug-likeness (QED) is 0.508. The Hall–Kier alpha value is -2.81. The minimum atomic E-state index is 1.05. The Balaban J connectivity index is 1.76. The molecule has 4 aromatic rings. The summed E-state index contributed by atoms with van der Waals surface area (Å²) in [6, 6.07) is 19.4. The summed E-state index contributed by atoms with van der Waals surface area (Å²) >= 11 is 0. The lowest BCUT2D eigenvalue weighted by molar-refractivity contribution is 0.579. The molecule has 1 aliphatic rings. The third kappa shape index (κ3) is 2.39. The lowest BCUT2D eigenvalue weighted by Gasteiger charge is -2.28. The molecule has 4 heterocycles. The van der Waals surface area contributed by atoms with Gasteiger partial charge in [0, 0.05) is 36.4 Å². The number of anilines is 1. The van der Waals surface area contributed by atoms with Crippen LogP contribution >= 0.6 is 0 Å². The van der Waals surface area contributed by atoms with Gasteiger partial charge in [0.15, 0.2) is 0 Å². The van der Waals surface area contributed by atoms with E-state index in [0.29, 0.717) is 0 Å². The molecule has 0 aliphatic carbocycles. The van der Waals surface area contributed by atoms with E-state index in [1.165, 1.54) is 47.1 Å². The third-order valence-corrected chi connectivity index (χ3v) is 5.27. The van der Waals surface area contributed by atoms with Gasteiger partial charge in [-0.1, -0.05) is 24.3 Å². The minimum Gasteiger partial charge on any atom is -0.370 e. The highest BCUT2D eigenvalue weighted by atomic mass is 15.2. The number of nitrogens with zero attached hydrogens (tertiary/aromatic N) is 3. The lowest BCUT2D eigenvalue weighted by Crippen LogP contribution is -2.29. The number of hydrogen-bond donors (Lipinski definition) is 0. The second-order valence-electron chi connectivity index (χ2n) is 6.79. The minimum absolute atomic E-state index is 1.05. The van der Waals surface area contributed by atoms with Crippen LogP contribution in [0.1, 0.15) is 19.3 Å². The van der Waals surface area contributed by atoms with Crippen molar-refractivity contribution in [3.8, 4) is 11.3 Å². The number of rotatable bonds is 2. The van der Waals surface area contributed by atoms with Gasteiger partial charge in [0.2, 0.25) is 0 Å². The number of benzene rings is 1. The van der Waals surface area contributed by atoms with Gasteiger partial charge < -0.3 is 9.30 Å². The molecule has 1 aromatic carbocycles. The van der Waals surface area contributed by atoms with Crippen LogP contribution in [-0.4, -0.2) is 22.5 Å². The Bertz CT molecular complexity index is 1040. The fourth-order valence-corrected chi connectivity index (χ4v) is 4.06. The van der Waals surface area contributed by atoms with E-state index in [2.05, 4.69) is 69.0 Å². The lowest BCUT2D eigenvalue weighted by atomic mass is 10.1. The van der Waals surface area contributed by atoms with Gasteiger partial charge in [-0.05, 0) is 49.6 Å². The molecule has 25 heavy (non-hydrogen) atoms. The van der Waals surface area contributed by atoms with E-state index in [1.54, 1.807) is 0 Å². The summed E-state index contributed by atoms with van der Waals surface area (Å²) in [7, 11) is 0. The van der Waals surface area contributed by atoms with Crippen LogP contribution in [0, 0.1) is 0 Å². The molecule has 0 atom stereocenters. The zero-order valence-corrected chi connectivity index (χ0v) is 14.2. The van der Waals surface area contributed by atoms with Crippen LogP contribution in [0.25, 0.3) is 27.7 Å². The second-order valence-corrected chi connectivity index (χ2v) is 6.79. The summed E-state index contributed by atoms with van der Waals surface area (Å²) in [5.74, 6) is 0. The van der Waals surface area contributed by atoms with Crippen molar-refractivity contribution in [3.05, 3.63) is 67.0 Å². The molecule has 5 rings (SSSR count). The number of fused-ring (bicyclic) bond motifs is 2. The first-order valence-corrected chi connectivity index (χ1v) is 9.11. The Labute approximate surface area is 147 Å². The molecule has 0 N–H and O–H groups in total. The van der Waals surface area contributed by atoms with Crippen LogP contribution in [0.2, 0.25) is 0 Å². The number of piperidine rings is 1. The van der Waals surface area contributed by atoms with Crippen molar-refractivity contribution in [1.82, 2.24) is 9.38 Å². The van der Waals surface area contributed by atoms with Crippen molar-refractivity contribution < 1.29 is 0 Å². The zero-order chi connectivity index (χ0) is 16.6. The number of pyridine rings is 2. The Morgan fingerprint density at radius 3 is 2.68 bits per heavy atom. The molecule has 0 saturated carbocycles. The first-order valence-electron chi connectivity index (χ1n) is 9.11. The molecule has 3 nitrogen and oxygen atoms in total. The van der Waals surface area contributed by atoms with E-state index in [4.69, 9.17) is 0 Å². The predicted molar refractivity (Wildman–Crippen MR) is 104 cm³/mol. The zero-order valence-electron chi connectivity index (χ0n) is 14.2. The predicted octanol–water partition coefficient (Wildman–Crippen LogP) is 5.14. The van der Waals surface area contributed by atoms with Crippen LogP contribution in [0.5, 0.6) is 0 Å². The van der Waals surface area contributed by atoms with Crippen LogP contribution in [0.15, 0.2) is 67.0 Å². The fraction of sp³-hybridized carbons (Fsp3) is 0.227. The topological polar surface area (TPSA) is 20.5 Å². The van der Waals surface area contributed by atoms with Gasteiger partial charge in [0.25, 0.3) is 0 Å². The SMILES string of the molecule is c1cc(-c2cc(N3CCCCC3)c3ccccn23)c2cccnc2c1. The normalized spacial score (nSPS) is 15.1. The van der Waals surface area contributed by atoms with Crippen LogP contribution < -0.4 is 4.90 Å². The third-order valence-electron chi connectivity index (χ3n) is 5.27. The van der Waals surface area contributed by atoms with Crippen LogP contribution in [-0.2, 0) is 0 Å². The highest BCUT2D eigenvalue weighted by Crippen LogP contribution is 2.36. The fourth-order valence-electron chi connectivity index (χ4n) is 4.06. The molecule has 0 spiro atoms. The summed E-state index contributed by atoms with van der Waals surface area (Å²) in [6.45, 7) is 2.32. The summed E-state index contributed by atoms with van der Waals surface area (Å²) in [5.41, 5.74) is 6.19. The maximum absolute atomic E-state index is 4.52. The molecular weight excluding hydrogens is 306 g/mol. The molecule has 0 unspecified atom stereocenters. The summed E-state index contributed by atoms with van der Waals surface area (Å²) in [5, 5.41) is 1.21. The molecule has 124 valence electrons. The highest BCUT2D eigenvalue weighted by molar-refractivity contribution is 5.96. The van der Waals surface area contributed by atoms with E-state index >= 15 is 0 Å². The molecule has 0 radical (unpaired) electrons. The molecule has 1 aliphatic heterocycles. The Morgan fingerprint density at radius 2 is 1.76 bits per heavy atom. The molecule has 1 saturated heterocycles. The molecule has 3 aromatic heterocycles. The molecule has 0 amide bonds. The monoisotopic (exact) mass is 327 g/mol. The second kappa shape index (κ2) is 5.92. The summed E-state index contributed by atoms with van der Waals surface area (Å²) in [6.07, 6.45) is 7.97. The van der Waals surface area contributed by atoms with Gasteiger partial charge in [-0.15, -0.1) is 0 Å². The Kier molecular flexibility index (Phi) is 3.44. The number of hydrogen-bond acceptors (Lipinski definition) is 2. The summed E-state index contributed by atoms with van der Waals surface area (Å²) in [4.78, 5) is 7.07. The van der Waals surface area contributed by atoms with Gasteiger partial charge in [-0.2, -0.15) is 0 Å². The highest BCUT2D eigenvalue weighted by Gasteiger charge is 2.18. The molecule has 1 fully saturated rings. The standard InChI is InChI=1S/C22H21N3/c1-3-13-24(14-4-1)22-16-21(25-15-5-2-11-20(22)25)18-8-6-10-19-17(18)9-7-12-23-19/h2,5-12,15-16H,1,3-4,13-14H2. The van der Waals surface area contributed by atoms with Crippen molar-refractivity contribution >= 4 is 22.1 Å². The maximum atomic E-state index is 4.52. The van der Waals surface area contributed by atoms with E-state index in [9.17, 15) is 0 Å². The molecule has 0 bridgehead atoms. The van der Waals surface area contributed by atoms with Crippen molar-refractivity contribution in [2.75, 3.05) is 18.0 Å². The number of aromatic nitrogens is 2. The van der Waals surface area contributed by atoms with Gasteiger partial charge in [0.1, 0.15) is 0 Å². The van der Waals surface area contributed by atoms with Crippen LogP contribution in [0.3, 0.4) is 0 Å². The smallest absolute Gasteiger partial charge is 0.0708 e. The van der Waals surface area contributed by atoms with Gasteiger partial charge in [-0.3, -0.25) is 4.98 Å². The van der Waals surface area contributed by atoms with Gasteiger partial charge in [0.05, 0.1) is 22.4 Å². The molecular formula is C22H21N3. The van der Waals surface area contributed by atoms with E-state index < -0.39 is 0 Å².